The standard InChI is InChI=1S/C19H14F3NO3/c20-19(21,22)15-8-6-14(7-9-15)17-10-16(26-23-17)11-18(24)25-12-13-4-2-1-3-5-13/h1-9,11H,10,12H2/b16-11+. The summed E-state index contributed by atoms with van der Waals surface area (Å²) < 4.78 is 42.9. The van der Waals surface area contributed by atoms with Gasteiger partial charge in [-0.1, -0.05) is 47.6 Å². The van der Waals surface area contributed by atoms with Gasteiger partial charge in [-0.05, 0) is 23.3 Å². The van der Waals surface area contributed by atoms with Crippen LogP contribution >= 0.6 is 0 Å². The molecule has 0 N–H and O–H groups in total. The Bertz CT molecular complexity index is 841. The van der Waals surface area contributed by atoms with Gasteiger partial charge in [-0.25, -0.2) is 4.79 Å². The Morgan fingerprint density at radius 1 is 1.12 bits per heavy atom. The van der Waals surface area contributed by atoms with Crippen LogP contribution < -0.4 is 0 Å². The number of ether oxygens (including phenoxy) is 1. The lowest BCUT2D eigenvalue weighted by Gasteiger charge is -2.06. The molecule has 26 heavy (non-hydrogen) atoms. The molecule has 2 aromatic carbocycles. The number of allylic oxidation sites excluding steroid dienone is 1. The van der Waals surface area contributed by atoms with E-state index in [1.807, 2.05) is 30.3 Å². The minimum Gasteiger partial charge on any atom is -0.458 e. The molecule has 0 aromatic heterocycles. The Hall–Kier alpha value is -3.09. The Labute approximate surface area is 147 Å². The maximum absolute atomic E-state index is 12.6. The van der Waals surface area contributed by atoms with Crippen molar-refractivity contribution in [2.45, 2.75) is 19.2 Å². The third kappa shape index (κ3) is 4.50. The molecule has 3 rings (SSSR count). The third-order valence-corrected chi connectivity index (χ3v) is 3.66. The first-order chi connectivity index (χ1) is 12.4. The van der Waals surface area contributed by atoms with Crippen molar-refractivity contribution in [1.29, 1.82) is 0 Å². The van der Waals surface area contributed by atoms with Crippen LogP contribution in [0.25, 0.3) is 0 Å². The van der Waals surface area contributed by atoms with Crippen molar-refractivity contribution in [3.63, 3.8) is 0 Å². The number of carbonyl (C=O) groups is 1. The Kier molecular flexibility index (Phi) is 5.06. The zero-order valence-corrected chi connectivity index (χ0v) is 13.5. The molecule has 0 spiro atoms. The number of alkyl halides is 3. The van der Waals surface area contributed by atoms with Crippen LogP contribution in [0.1, 0.15) is 23.1 Å². The summed E-state index contributed by atoms with van der Waals surface area (Å²) in [6.45, 7) is 0.135. The summed E-state index contributed by atoms with van der Waals surface area (Å²) in [5, 5.41) is 3.81. The summed E-state index contributed by atoms with van der Waals surface area (Å²) in [4.78, 5) is 16.9. The third-order valence-electron chi connectivity index (χ3n) is 3.66. The van der Waals surface area contributed by atoms with Gasteiger partial charge < -0.3 is 9.57 Å². The predicted octanol–water partition coefficient (Wildman–Crippen LogP) is 4.46. The summed E-state index contributed by atoms with van der Waals surface area (Å²) in [5.74, 6) is -0.300. The average Bonchev–Trinajstić information content (AvgIpc) is 3.09. The fourth-order valence-electron chi connectivity index (χ4n) is 2.33. The SMILES string of the molecule is O=C(/C=C1\CC(c2ccc(C(F)(F)F)cc2)=NO1)OCc1ccccc1. The lowest BCUT2D eigenvalue weighted by molar-refractivity contribution is -0.139. The van der Waals surface area contributed by atoms with E-state index >= 15 is 0 Å². The van der Waals surface area contributed by atoms with Gasteiger partial charge in [0.2, 0.25) is 0 Å². The monoisotopic (exact) mass is 361 g/mol. The fraction of sp³-hybridized carbons (Fsp3) is 0.158. The lowest BCUT2D eigenvalue weighted by atomic mass is 10.0. The largest absolute Gasteiger partial charge is 0.458 e. The molecule has 1 heterocycles. The van der Waals surface area contributed by atoms with Crippen LogP contribution in [0.4, 0.5) is 13.2 Å². The normalized spacial score (nSPS) is 15.5. The highest BCUT2D eigenvalue weighted by Crippen LogP contribution is 2.30. The van der Waals surface area contributed by atoms with Crippen LogP contribution in [0.3, 0.4) is 0 Å². The molecule has 0 atom stereocenters. The first kappa shape index (κ1) is 17.7. The van der Waals surface area contributed by atoms with Gasteiger partial charge in [0.25, 0.3) is 0 Å². The van der Waals surface area contributed by atoms with Crippen molar-refractivity contribution in [1.82, 2.24) is 0 Å². The van der Waals surface area contributed by atoms with Gasteiger partial charge >= 0.3 is 12.1 Å². The zero-order chi connectivity index (χ0) is 18.6. The number of hydrogen-bond acceptors (Lipinski definition) is 4. The van der Waals surface area contributed by atoms with E-state index in [0.29, 0.717) is 11.3 Å². The zero-order valence-electron chi connectivity index (χ0n) is 13.5. The number of benzene rings is 2. The van der Waals surface area contributed by atoms with Crippen molar-refractivity contribution >= 4 is 11.7 Å². The average molecular weight is 361 g/mol. The van der Waals surface area contributed by atoms with Crippen LogP contribution in [0.15, 0.2) is 71.6 Å². The van der Waals surface area contributed by atoms with E-state index in [9.17, 15) is 18.0 Å². The molecule has 0 fully saturated rings. The van der Waals surface area contributed by atoms with Crippen molar-refractivity contribution < 1.29 is 27.5 Å². The van der Waals surface area contributed by atoms with E-state index in [1.165, 1.54) is 18.2 Å². The van der Waals surface area contributed by atoms with Gasteiger partial charge in [-0.2, -0.15) is 13.2 Å². The number of hydrogen-bond donors (Lipinski definition) is 0. The quantitative estimate of drug-likeness (QED) is 0.597. The molecule has 0 amide bonds. The lowest BCUT2D eigenvalue weighted by Crippen LogP contribution is -2.06. The molecule has 0 bridgehead atoms. The number of halogens is 3. The Morgan fingerprint density at radius 2 is 1.81 bits per heavy atom. The van der Waals surface area contributed by atoms with Crippen LogP contribution in [0.2, 0.25) is 0 Å². The van der Waals surface area contributed by atoms with Crippen LogP contribution in [0, 0.1) is 0 Å². The number of rotatable bonds is 4. The molecule has 4 nitrogen and oxygen atoms in total. The summed E-state index contributed by atoms with van der Waals surface area (Å²) in [5.41, 5.74) is 1.06. The smallest absolute Gasteiger partial charge is 0.416 e. The molecule has 0 aliphatic carbocycles. The molecule has 7 heteroatoms. The van der Waals surface area contributed by atoms with E-state index in [-0.39, 0.29) is 18.8 Å². The van der Waals surface area contributed by atoms with E-state index in [4.69, 9.17) is 9.57 Å². The van der Waals surface area contributed by atoms with Crippen molar-refractivity contribution in [2.24, 2.45) is 5.16 Å². The van der Waals surface area contributed by atoms with Crippen molar-refractivity contribution in [3.8, 4) is 0 Å². The van der Waals surface area contributed by atoms with Crippen LogP contribution in [-0.4, -0.2) is 11.7 Å². The molecule has 0 saturated heterocycles. The molecule has 134 valence electrons. The van der Waals surface area contributed by atoms with Gasteiger partial charge in [-0.3, -0.25) is 0 Å². The number of carbonyl (C=O) groups excluding carboxylic acids is 1. The highest BCUT2D eigenvalue weighted by atomic mass is 19.4. The fourth-order valence-corrected chi connectivity index (χ4v) is 2.33. The molecule has 1 aliphatic heterocycles. The number of esters is 1. The second kappa shape index (κ2) is 7.43. The summed E-state index contributed by atoms with van der Waals surface area (Å²) in [6, 6.07) is 13.8. The Balaban J connectivity index is 1.57. The van der Waals surface area contributed by atoms with E-state index in [0.717, 1.165) is 17.7 Å². The van der Waals surface area contributed by atoms with Crippen LogP contribution in [-0.2, 0) is 27.2 Å². The molecular weight excluding hydrogens is 347 g/mol. The van der Waals surface area contributed by atoms with Crippen molar-refractivity contribution in [3.05, 3.63) is 83.1 Å². The second-order valence-electron chi connectivity index (χ2n) is 5.59. The van der Waals surface area contributed by atoms with Crippen LogP contribution in [0.5, 0.6) is 0 Å². The first-order valence-corrected chi connectivity index (χ1v) is 7.74. The number of nitrogens with zero attached hydrogens (tertiary/aromatic N) is 1. The number of oxime groups is 1. The molecular formula is C19H14F3NO3. The Morgan fingerprint density at radius 3 is 2.46 bits per heavy atom. The molecule has 2 aromatic rings. The highest BCUT2D eigenvalue weighted by Gasteiger charge is 2.30. The summed E-state index contributed by atoms with van der Waals surface area (Å²) >= 11 is 0. The maximum atomic E-state index is 12.6. The highest BCUT2D eigenvalue weighted by molar-refractivity contribution is 6.03. The van der Waals surface area contributed by atoms with E-state index in [1.54, 1.807) is 0 Å². The van der Waals surface area contributed by atoms with Crippen molar-refractivity contribution in [2.75, 3.05) is 0 Å². The summed E-state index contributed by atoms with van der Waals surface area (Å²) in [7, 11) is 0. The first-order valence-electron chi connectivity index (χ1n) is 7.74. The minimum atomic E-state index is -4.39. The minimum absolute atomic E-state index is 0.135. The van der Waals surface area contributed by atoms with Gasteiger partial charge in [0.05, 0.1) is 23.8 Å². The van der Waals surface area contributed by atoms with Gasteiger partial charge in [0.15, 0.2) is 0 Å². The summed E-state index contributed by atoms with van der Waals surface area (Å²) in [6.07, 6.45) is -3.00. The van der Waals surface area contributed by atoms with E-state index in [2.05, 4.69) is 5.16 Å². The second-order valence-corrected chi connectivity index (χ2v) is 5.59. The van der Waals surface area contributed by atoms with Gasteiger partial charge in [0.1, 0.15) is 12.4 Å². The molecule has 0 saturated carbocycles. The molecule has 0 radical (unpaired) electrons. The molecule has 1 aliphatic rings. The van der Waals surface area contributed by atoms with Gasteiger partial charge in [0, 0.05) is 0 Å². The van der Waals surface area contributed by atoms with Gasteiger partial charge in [-0.15, -0.1) is 0 Å². The predicted molar refractivity (Wildman–Crippen MR) is 88.0 cm³/mol. The topological polar surface area (TPSA) is 47.9 Å². The molecule has 0 unspecified atom stereocenters. The maximum Gasteiger partial charge on any atom is 0.416 e. The van der Waals surface area contributed by atoms with E-state index < -0.39 is 17.7 Å².